The molecule has 5 rings (SSSR count). The minimum absolute atomic E-state index is 0.743. The number of hydrogen-bond donors (Lipinski definition) is 1. The SMILES string of the molecule is COc1ccc(-c2c/c(=N\Nc3nc4ccccc4s3)c3cc(C)cc(C)c3o2)cc1. The number of methoxy groups -OCH3 is 1. The fourth-order valence-corrected chi connectivity index (χ4v) is 4.45. The maximum atomic E-state index is 6.31. The van der Waals surface area contributed by atoms with Crippen molar-refractivity contribution in [3.8, 4) is 17.1 Å². The van der Waals surface area contributed by atoms with Crippen molar-refractivity contribution in [2.75, 3.05) is 12.5 Å². The van der Waals surface area contributed by atoms with Crippen LogP contribution in [0.2, 0.25) is 0 Å². The van der Waals surface area contributed by atoms with Gasteiger partial charge in [-0.25, -0.2) is 4.98 Å². The number of hydrogen-bond acceptors (Lipinski definition) is 6. The largest absolute Gasteiger partial charge is 0.497 e. The van der Waals surface area contributed by atoms with Crippen LogP contribution >= 0.6 is 11.3 Å². The third-order valence-corrected chi connectivity index (χ3v) is 6.06. The molecule has 0 aliphatic carbocycles. The van der Waals surface area contributed by atoms with Gasteiger partial charge in [0.1, 0.15) is 17.1 Å². The van der Waals surface area contributed by atoms with Crippen molar-refractivity contribution in [2.24, 2.45) is 5.10 Å². The molecule has 0 aliphatic rings. The fourth-order valence-electron chi connectivity index (χ4n) is 3.64. The lowest BCUT2D eigenvalue weighted by Gasteiger charge is -2.09. The van der Waals surface area contributed by atoms with Crippen LogP contribution < -0.4 is 15.5 Å². The standard InChI is InChI=1S/C25H21N3O2S/c1-15-12-16(2)24-19(13-15)21(14-22(30-24)17-8-10-18(29-3)11-9-17)27-28-25-26-20-6-4-5-7-23(20)31-25/h4-14H,1-3H3,(H,26,28)/b27-21+. The molecular formula is C25H21N3O2S. The molecule has 0 saturated carbocycles. The van der Waals surface area contributed by atoms with Gasteiger partial charge in [0.2, 0.25) is 5.13 Å². The molecule has 31 heavy (non-hydrogen) atoms. The summed E-state index contributed by atoms with van der Waals surface area (Å²) in [5.74, 6) is 1.55. The Bertz CT molecular complexity index is 1430. The molecule has 0 saturated heterocycles. The molecule has 154 valence electrons. The summed E-state index contributed by atoms with van der Waals surface area (Å²) >= 11 is 1.58. The number of nitrogens with one attached hydrogen (secondary N) is 1. The lowest BCUT2D eigenvalue weighted by atomic mass is 10.1. The minimum Gasteiger partial charge on any atom is -0.497 e. The molecule has 2 heterocycles. The summed E-state index contributed by atoms with van der Waals surface area (Å²) in [7, 11) is 1.66. The van der Waals surface area contributed by atoms with E-state index < -0.39 is 0 Å². The zero-order valence-electron chi connectivity index (χ0n) is 17.5. The molecule has 3 aromatic carbocycles. The van der Waals surface area contributed by atoms with E-state index in [9.17, 15) is 0 Å². The molecular weight excluding hydrogens is 406 g/mol. The van der Waals surface area contributed by atoms with Crippen molar-refractivity contribution in [1.82, 2.24) is 4.98 Å². The third kappa shape index (κ3) is 3.78. The van der Waals surface area contributed by atoms with Gasteiger partial charge in [-0.2, -0.15) is 5.10 Å². The number of aromatic nitrogens is 1. The highest BCUT2D eigenvalue weighted by molar-refractivity contribution is 7.22. The Labute approximate surface area is 183 Å². The van der Waals surface area contributed by atoms with Crippen LogP contribution in [0.4, 0.5) is 5.13 Å². The van der Waals surface area contributed by atoms with Crippen molar-refractivity contribution >= 4 is 37.7 Å². The molecule has 0 aliphatic heterocycles. The first-order valence-corrected chi connectivity index (χ1v) is 10.8. The lowest BCUT2D eigenvalue weighted by Crippen LogP contribution is -2.08. The van der Waals surface area contributed by atoms with Crippen LogP contribution in [0.3, 0.4) is 0 Å². The summed E-state index contributed by atoms with van der Waals surface area (Å²) in [6, 6.07) is 22.1. The van der Waals surface area contributed by atoms with Gasteiger partial charge in [-0.05, 0) is 67.4 Å². The first-order valence-electron chi connectivity index (χ1n) is 9.95. The predicted octanol–water partition coefficient (Wildman–Crippen LogP) is 6.26. The molecule has 0 atom stereocenters. The molecule has 0 unspecified atom stereocenters. The van der Waals surface area contributed by atoms with Crippen molar-refractivity contribution in [3.63, 3.8) is 0 Å². The Morgan fingerprint density at radius 1 is 1.00 bits per heavy atom. The summed E-state index contributed by atoms with van der Waals surface area (Å²) in [5, 5.41) is 7.24. The highest BCUT2D eigenvalue weighted by Gasteiger charge is 2.10. The molecule has 5 nitrogen and oxygen atoms in total. The smallest absolute Gasteiger partial charge is 0.204 e. The van der Waals surface area contributed by atoms with Crippen molar-refractivity contribution < 1.29 is 9.15 Å². The summed E-state index contributed by atoms with van der Waals surface area (Å²) < 4.78 is 12.7. The molecule has 1 N–H and O–H groups in total. The van der Waals surface area contributed by atoms with Crippen LogP contribution in [0.25, 0.3) is 32.5 Å². The van der Waals surface area contributed by atoms with Gasteiger partial charge < -0.3 is 9.15 Å². The zero-order chi connectivity index (χ0) is 21.4. The highest BCUT2D eigenvalue weighted by Crippen LogP contribution is 2.28. The summed E-state index contributed by atoms with van der Waals surface area (Å²) in [5.41, 5.74) is 8.12. The van der Waals surface area contributed by atoms with Crippen LogP contribution in [-0.4, -0.2) is 12.1 Å². The maximum absolute atomic E-state index is 6.31. The van der Waals surface area contributed by atoms with E-state index in [1.807, 2.05) is 48.5 Å². The lowest BCUT2D eigenvalue weighted by molar-refractivity contribution is 0.415. The van der Waals surface area contributed by atoms with E-state index in [0.29, 0.717) is 0 Å². The number of fused-ring (bicyclic) bond motifs is 2. The van der Waals surface area contributed by atoms with Crippen molar-refractivity contribution in [3.05, 3.63) is 83.2 Å². The zero-order valence-corrected chi connectivity index (χ0v) is 18.3. The second kappa shape index (κ2) is 7.89. The molecule has 0 radical (unpaired) electrons. The number of para-hydroxylation sites is 1. The quantitative estimate of drug-likeness (QED) is 0.344. The maximum Gasteiger partial charge on any atom is 0.204 e. The number of rotatable bonds is 4. The van der Waals surface area contributed by atoms with Crippen LogP contribution in [0.1, 0.15) is 11.1 Å². The predicted molar refractivity (Wildman–Crippen MR) is 126 cm³/mol. The van der Waals surface area contributed by atoms with Crippen LogP contribution in [0.15, 0.2) is 76.2 Å². The van der Waals surface area contributed by atoms with E-state index >= 15 is 0 Å². The number of benzene rings is 3. The monoisotopic (exact) mass is 427 g/mol. The number of nitrogens with zero attached hydrogens (tertiary/aromatic N) is 2. The first-order chi connectivity index (χ1) is 15.1. The van der Waals surface area contributed by atoms with E-state index in [-0.39, 0.29) is 0 Å². The average molecular weight is 428 g/mol. The first kappa shape index (κ1) is 19.3. The van der Waals surface area contributed by atoms with Crippen molar-refractivity contribution in [1.29, 1.82) is 0 Å². The molecule has 5 aromatic rings. The van der Waals surface area contributed by atoms with E-state index in [1.165, 1.54) is 0 Å². The Morgan fingerprint density at radius 2 is 1.81 bits per heavy atom. The van der Waals surface area contributed by atoms with Gasteiger partial charge in [-0.15, -0.1) is 0 Å². The van der Waals surface area contributed by atoms with Crippen LogP contribution in [0, 0.1) is 13.8 Å². The molecule has 0 bridgehead atoms. The summed E-state index contributed by atoms with van der Waals surface area (Å²) in [6.07, 6.45) is 0. The number of aryl methyl sites for hydroxylation is 2. The number of ether oxygens (including phenoxy) is 1. The summed E-state index contributed by atoms with van der Waals surface area (Å²) in [6.45, 7) is 4.13. The number of thiazole rings is 1. The highest BCUT2D eigenvalue weighted by atomic mass is 32.1. The van der Waals surface area contributed by atoms with Gasteiger partial charge in [0.15, 0.2) is 0 Å². The minimum atomic E-state index is 0.743. The molecule has 0 amide bonds. The van der Waals surface area contributed by atoms with Crippen LogP contribution in [-0.2, 0) is 0 Å². The molecule has 2 aromatic heterocycles. The second-order valence-corrected chi connectivity index (χ2v) is 8.42. The summed E-state index contributed by atoms with van der Waals surface area (Å²) in [4.78, 5) is 4.62. The fraction of sp³-hybridized carbons (Fsp3) is 0.120. The van der Waals surface area contributed by atoms with E-state index in [4.69, 9.17) is 14.3 Å². The van der Waals surface area contributed by atoms with Crippen LogP contribution in [0.5, 0.6) is 5.75 Å². The van der Waals surface area contributed by atoms with E-state index in [1.54, 1.807) is 18.4 Å². The Balaban J connectivity index is 1.66. The molecule has 6 heteroatoms. The topological polar surface area (TPSA) is 59.6 Å². The second-order valence-electron chi connectivity index (χ2n) is 7.39. The van der Waals surface area contributed by atoms with Gasteiger partial charge in [-0.1, -0.05) is 29.5 Å². The molecule has 0 spiro atoms. The molecule has 0 fully saturated rings. The van der Waals surface area contributed by atoms with E-state index in [0.717, 1.165) is 59.9 Å². The van der Waals surface area contributed by atoms with Gasteiger partial charge >= 0.3 is 0 Å². The van der Waals surface area contributed by atoms with Gasteiger partial charge in [-0.3, -0.25) is 5.43 Å². The Hall–Kier alpha value is -3.64. The normalized spacial score (nSPS) is 11.9. The van der Waals surface area contributed by atoms with E-state index in [2.05, 4.69) is 42.5 Å². The van der Waals surface area contributed by atoms with Gasteiger partial charge in [0.05, 0.1) is 22.7 Å². The number of anilines is 1. The Morgan fingerprint density at radius 3 is 2.58 bits per heavy atom. The van der Waals surface area contributed by atoms with Gasteiger partial charge in [0.25, 0.3) is 0 Å². The van der Waals surface area contributed by atoms with Gasteiger partial charge in [0, 0.05) is 17.0 Å². The Kier molecular flexibility index (Phi) is 4.92. The average Bonchev–Trinajstić information content (AvgIpc) is 3.21. The van der Waals surface area contributed by atoms with Crippen molar-refractivity contribution in [2.45, 2.75) is 13.8 Å². The third-order valence-electron chi connectivity index (χ3n) is 5.12.